The van der Waals surface area contributed by atoms with E-state index in [-0.39, 0.29) is 0 Å². The average molecular weight is 355 g/mol. The number of benzene rings is 1. The van der Waals surface area contributed by atoms with Crippen molar-refractivity contribution in [2.75, 3.05) is 0 Å². The summed E-state index contributed by atoms with van der Waals surface area (Å²) in [6.45, 7) is 0. The predicted molar refractivity (Wildman–Crippen MR) is 83.3 cm³/mol. The highest BCUT2D eigenvalue weighted by Gasteiger charge is 2.49. The van der Waals surface area contributed by atoms with E-state index in [1.165, 1.54) is 38.2 Å². The van der Waals surface area contributed by atoms with Crippen LogP contribution in [0.15, 0.2) is 18.2 Å². The van der Waals surface area contributed by atoms with Gasteiger partial charge in [0, 0.05) is 10.9 Å². The summed E-state index contributed by atoms with van der Waals surface area (Å²) in [7, 11) is 0. The highest BCUT2D eigenvalue weighted by molar-refractivity contribution is 9.09. The van der Waals surface area contributed by atoms with Crippen molar-refractivity contribution in [3.63, 3.8) is 0 Å². The molecule has 0 amide bonds. The first-order valence-electron chi connectivity index (χ1n) is 8.18. The lowest BCUT2D eigenvalue weighted by Gasteiger charge is -2.55. The maximum atomic E-state index is 13.9. The average Bonchev–Trinajstić information content (AvgIpc) is 2.40. The van der Waals surface area contributed by atoms with Gasteiger partial charge in [-0.1, -0.05) is 22.0 Å². The van der Waals surface area contributed by atoms with E-state index in [4.69, 9.17) is 0 Å². The molecule has 4 saturated carbocycles. The highest BCUT2D eigenvalue weighted by Crippen LogP contribution is 2.58. The van der Waals surface area contributed by atoms with Crippen molar-refractivity contribution < 1.29 is 8.78 Å². The summed E-state index contributed by atoms with van der Waals surface area (Å²) in [5.41, 5.74) is 0.645. The first kappa shape index (κ1) is 14.2. The SMILES string of the molecule is Fc1ccc(CC(Br)C2C3CC4CC(C3)CC2C4)c(F)c1. The third-order valence-corrected chi connectivity index (χ3v) is 7.08. The van der Waals surface area contributed by atoms with Gasteiger partial charge >= 0.3 is 0 Å². The Kier molecular flexibility index (Phi) is 3.60. The van der Waals surface area contributed by atoms with E-state index < -0.39 is 11.6 Å². The van der Waals surface area contributed by atoms with Crippen molar-refractivity contribution in [1.82, 2.24) is 0 Å². The molecule has 5 rings (SSSR count). The Morgan fingerprint density at radius 3 is 2.19 bits per heavy atom. The van der Waals surface area contributed by atoms with E-state index >= 15 is 0 Å². The molecule has 0 aromatic heterocycles. The van der Waals surface area contributed by atoms with E-state index in [9.17, 15) is 8.78 Å². The maximum absolute atomic E-state index is 13.9. The minimum absolute atomic E-state index is 0.326. The molecular weight excluding hydrogens is 334 g/mol. The van der Waals surface area contributed by atoms with Crippen LogP contribution < -0.4 is 0 Å². The van der Waals surface area contributed by atoms with Crippen molar-refractivity contribution in [3.8, 4) is 0 Å². The fraction of sp³-hybridized carbons (Fsp3) is 0.667. The van der Waals surface area contributed by atoms with Gasteiger partial charge in [-0.15, -0.1) is 0 Å². The number of hydrogen-bond acceptors (Lipinski definition) is 0. The van der Waals surface area contributed by atoms with Gasteiger partial charge in [0.05, 0.1) is 0 Å². The Morgan fingerprint density at radius 1 is 1.00 bits per heavy atom. The van der Waals surface area contributed by atoms with Crippen LogP contribution in [-0.2, 0) is 6.42 Å². The Hall–Kier alpha value is -0.440. The molecule has 4 fully saturated rings. The molecule has 114 valence electrons. The molecule has 0 aliphatic heterocycles. The molecular formula is C18H21BrF2. The summed E-state index contributed by atoms with van der Waals surface area (Å²) in [4.78, 5) is 0.326. The van der Waals surface area contributed by atoms with Gasteiger partial charge in [-0.25, -0.2) is 8.78 Å². The van der Waals surface area contributed by atoms with E-state index in [1.807, 2.05) is 0 Å². The number of rotatable bonds is 3. The smallest absolute Gasteiger partial charge is 0.129 e. The maximum Gasteiger partial charge on any atom is 0.129 e. The zero-order valence-electron chi connectivity index (χ0n) is 12.1. The quantitative estimate of drug-likeness (QED) is 0.642. The van der Waals surface area contributed by atoms with Crippen LogP contribution in [0.25, 0.3) is 0 Å². The Labute approximate surface area is 133 Å². The van der Waals surface area contributed by atoms with Crippen LogP contribution in [0, 0.1) is 41.2 Å². The van der Waals surface area contributed by atoms with Crippen LogP contribution in [0.4, 0.5) is 8.78 Å². The fourth-order valence-electron chi connectivity index (χ4n) is 5.59. The summed E-state index contributed by atoms with van der Waals surface area (Å²) in [5, 5.41) is 0. The van der Waals surface area contributed by atoms with Crippen LogP contribution in [0.2, 0.25) is 0 Å². The Bertz CT molecular complexity index is 514. The van der Waals surface area contributed by atoms with Crippen molar-refractivity contribution in [3.05, 3.63) is 35.4 Å². The molecule has 4 bridgehead atoms. The normalized spacial score (nSPS) is 38.7. The fourth-order valence-corrected chi connectivity index (χ4v) is 6.80. The first-order chi connectivity index (χ1) is 10.1. The van der Waals surface area contributed by atoms with Crippen LogP contribution in [0.5, 0.6) is 0 Å². The van der Waals surface area contributed by atoms with Crippen molar-refractivity contribution >= 4 is 15.9 Å². The van der Waals surface area contributed by atoms with Gasteiger partial charge in [0.15, 0.2) is 0 Å². The Morgan fingerprint density at radius 2 is 1.62 bits per heavy atom. The minimum Gasteiger partial charge on any atom is -0.207 e. The highest BCUT2D eigenvalue weighted by atomic mass is 79.9. The van der Waals surface area contributed by atoms with Crippen LogP contribution >= 0.6 is 15.9 Å². The lowest BCUT2D eigenvalue weighted by Crippen LogP contribution is -2.48. The lowest BCUT2D eigenvalue weighted by molar-refractivity contribution is -0.0360. The lowest BCUT2D eigenvalue weighted by atomic mass is 9.51. The number of alkyl halides is 1. The number of hydrogen-bond donors (Lipinski definition) is 0. The molecule has 0 heterocycles. The molecule has 1 unspecified atom stereocenters. The van der Waals surface area contributed by atoms with Gasteiger partial charge in [0.1, 0.15) is 11.6 Å². The van der Waals surface area contributed by atoms with Gasteiger partial charge in [0.25, 0.3) is 0 Å². The third-order valence-electron chi connectivity index (χ3n) is 6.15. The van der Waals surface area contributed by atoms with E-state index in [2.05, 4.69) is 15.9 Å². The summed E-state index contributed by atoms with van der Waals surface area (Å²) in [6, 6.07) is 3.98. The second kappa shape index (κ2) is 5.33. The molecule has 0 radical (unpaired) electrons. The summed E-state index contributed by atoms with van der Waals surface area (Å²) < 4.78 is 26.9. The van der Waals surface area contributed by atoms with Crippen LogP contribution in [-0.4, -0.2) is 4.83 Å². The molecule has 3 heteroatoms. The molecule has 1 aromatic carbocycles. The van der Waals surface area contributed by atoms with Crippen LogP contribution in [0.3, 0.4) is 0 Å². The van der Waals surface area contributed by atoms with Crippen LogP contribution in [0.1, 0.15) is 37.7 Å². The van der Waals surface area contributed by atoms with Gasteiger partial charge < -0.3 is 0 Å². The monoisotopic (exact) mass is 354 g/mol. The largest absolute Gasteiger partial charge is 0.207 e. The molecule has 1 aromatic rings. The minimum atomic E-state index is -0.489. The van der Waals surface area contributed by atoms with Crippen molar-refractivity contribution in [2.45, 2.75) is 43.4 Å². The second-order valence-corrected chi connectivity index (χ2v) is 8.64. The Balaban J connectivity index is 1.51. The molecule has 4 aliphatic rings. The zero-order chi connectivity index (χ0) is 14.6. The van der Waals surface area contributed by atoms with E-state index in [0.717, 1.165) is 29.7 Å². The topological polar surface area (TPSA) is 0 Å². The summed E-state index contributed by atoms with van der Waals surface area (Å²) in [6.07, 6.45) is 7.66. The second-order valence-electron chi connectivity index (χ2n) is 7.46. The van der Waals surface area contributed by atoms with E-state index in [0.29, 0.717) is 22.7 Å². The molecule has 0 saturated heterocycles. The van der Waals surface area contributed by atoms with Crippen molar-refractivity contribution in [2.24, 2.45) is 29.6 Å². The van der Waals surface area contributed by atoms with Gasteiger partial charge in [-0.3, -0.25) is 0 Å². The zero-order valence-corrected chi connectivity index (χ0v) is 13.7. The van der Waals surface area contributed by atoms with Crippen molar-refractivity contribution in [1.29, 1.82) is 0 Å². The molecule has 0 spiro atoms. The van der Waals surface area contributed by atoms with E-state index in [1.54, 1.807) is 6.07 Å². The van der Waals surface area contributed by atoms with Gasteiger partial charge in [-0.2, -0.15) is 0 Å². The first-order valence-corrected chi connectivity index (χ1v) is 9.09. The van der Waals surface area contributed by atoms with Gasteiger partial charge in [-0.05, 0) is 79.7 Å². The summed E-state index contributed by atoms with van der Waals surface area (Å²) in [5.74, 6) is 3.38. The molecule has 1 atom stereocenters. The summed E-state index contributed by atoms with van der Waals surface area (Å²) >= 11 is 3.86. The number of halogens is 3. The molecule has 4 aliphatic carbocycles. The predicted octanol–water partition coefficient (Wildman–Crippen LogP) is 5.34. The molecule has 0 N–H and O–H groups in total. The van der Waals surface area contributed by atoms with Gasteiger partial charge in [0.2, 0.25) is 0 Å². The third kappa shape index (κ3) is 2.56. The standard InChI is InChI=1S/C18H21BrF2/c19-16(8-12-1-2-15(20)9-17(12)21)18-13-4-10-3-11(6-13)7-14(18)5-10/h1-2,9-11,13-14,16,18H,3-8H2. The molecule has 0 nitrogen and oxygen atoms in total. The molecule has 21 heavy (non-hydrogen) atoms.